The Morgan fingerprint density at radius 2 is 2.07 bits per heavy atom. The molecule has 5 nitrogen and oxygen atoms in total. The van der Waals surface area contributed by atoms with Gasteiger partial charge in [0, 0.05) is 22.8 Å². The number of carbonyl (C=O) groups excluding carboxylic acids is 1. The van der Waals surface area contributed by atoms with E-state index in [4.69, 9.17) is 4.74 Å². The standard InChI is InChI=1S/C22H26BrN3O2/c1-2-26-20(25-22(21(26)27)11-5-3-6-12-22)18-14-16(23)9-10-19(18)28-15-17-8-4-7-13-24-17/h4,7-10,13-14,20,25H,2-3,5-6,11-12,15H2,1H3. The second-order valence-electron chi connectivity index (χ2n) is 7.57. The second-order valence-corrected chi connectivity index (χ2v) is 8.49. The van der Waals surface area contributed by atoms with Crippen LogP contribution in [-0.4, -0.2) is 27.9 Å². The van der Waals surface area contributed by atoms with E-state index >= 15 is 0 Å². The minimum Gasteiger partial charge on any atom is -0.487 e. The van der Waals surface area contributed by atoms with Crippen LogP contribution in [0.3, 0.4) is 0 Å². The molecule has 2 aromatic rings. The summed E-state index contributed by atoms with van der Waals surface area (Å²) in [5, 5.41) is 3.70. The zero-order valence-corrected chi connectivity index (χ0v) is 17.7. The molecule has 1 N–H and O–H groups in total. The number of benzene rings is 1. The molecule has 1 unspecified atom stereocenters. The fourth-order valence-electron chi connectivity index (χ4n) is 4.38. The number of rotatable bonds is 5. The molecule has 1 atom stereocenters. The van der Waals surface area contributed by atoms with Crippen LogP contribution in [0.15, 0.2) is 47.1 Å². The van der Waals surface area contributed by atoms with Crippen molar-refractivity contribution in [2.45, 2.75) is 57.3 Å². The van der Waals surface area contributed by atoms with Crippen LogP contribution in [0.1, 0.15) is 56.5 Å². The Labute approximate surface area is 174 Å². The first-order valence-electron chi connectivity index (χ1n) is 10.0. The number of aromatic nitrogens is 1. The van der Waals surface area contributed by atoms with E-state index in [-0.39, 0.29) is 12.1 Å². The number of likely N-dealkylation sites (N-methyl/N-ethyl adjacent to an activating group) is 1. The summed E-state index contributed by atoms with van der Waals surface area (Å²) >= 11 is 3.58. The maximum absolute atomic E-state index is 13.3. The summed E-state index contributed by atoms with van der Waals surface area (Å²) in [6.07, 6.45) is 6.84. The molecule has 1 aromatic carbocycles. The molecule has 1 saturated carbocycles. The first-order valence-corrected chi connectivity index (χ1v) is 10.8. The lowest BCUT2D eigenvalue weighted by molar-refractivity contribution is -0.134. The maximum Gasteiger partial charge on any atom is 0.244 e. The smallest absolute Gasteiger partial charge is 0.244 e. The largest absolute Gasteiger partial charge is 0.487 e. The van der Waals surface area contributed by atoms with Gasteiger partial charge in [0.2, 0.25) is 5.91 Å². The van der Waals surface area contributed by atoms with Crippen molar-refractivity contribution in [1.82, 2.24) is 15.2 Å². The van der Waals surface area contributed by atoms with Gasteiger partial charge in [-0.1, -0.05) is 41.3 Å². The molecule has 4 rings (SSSR count). The van der Waals surface area contributed by atoms with Gasteiger partial charge < -0.3 is 9.64 Å². The molecule has 2 fully saturated rings. The van der Waals surface area contributed by atoms with Crippen molar-refractivity contribution in [2.24, 2.45) is 0 Å². The fraction of sp³-hybridized carbons (Fsp3) is 0.455. The Bertz CT molecular complexity index is 837. The van der Waals surface area contributed by atoms with Gasteiger partial charge in [-0.05, 0) is 50.1 Å². The van der Waals surface area contributed by atoms with Gasteiger partial charge in [-0.2, -0.15) is 0 Å². The summed E-state index contributed by atoms with van der Waals surface area (Å²) in [7, 11) is 0. The Hall–Kier alpha value is -1.92. The highest BCUT2D eigenvalue weighted by molar-refractivity contribution is 9.10. The van der Waals surface area contributed by atoms with Crippen LogP contribution >= 0.6 is 15.9 Å². The van der Waals surface area contributed by atoms with Crippen LogP contribution < -0.4 is 10.1 Å². The number of pyridine rings is 1. The highest BCUT2D eigenvalue weighted by Gasteiger charge is 2.51. The van der Waals surface area contributed by atoms with Crippen LogP contribution in [0.5, 0.6) is 5.75 Å². The maximum atomic E-state index is 13.3. The number of carbonyl (C=O) groups is 1. The summed E-state index contributed by atoms with van der Waals surface area (Å²) < 4.78 is 7.11. The third-order valence-electron chi connectivity index (χ3n) is 5.81. The van der Waals surface area contributed by atoms with E-state index in [0.717, 1.165) is 47.2 Å². The molecule has 1 spiro atoms. The number of ether oxygens (including phenoxy) is 1. The number of amides is 1. The van der Waals surface area contributed by atoms with E-state index in [1.54, 1.807) is 6.20 Å². The molecule has 0 radical (unpaired) electrons. The average Bonchev–Trinajstić information content (AvgIpc) is 2.99. The number of hydrogen-bond donors (Lipinski definition) is 1. The first-order chi connectivity index (χ1) is 13.6. The molecule has 2 heterocycles. The highest BCUT2D eigenvalue weighted by Crippen LogP contribution is 2.42. The molecule has 2 aliphatic rings. The van der Waals surface area contributed by atoms with Crippen LogP contribution in [-0.2, 0) is 11.4 Å². The van der Waals surface area contributed by atoms with E-state index in [0.29, 0.717) is 13.2 Å². The lowest BCUT2D eigenvalue weighted by Gasteiger charge is -2.31. The summed E-state index contributed by atoms with van der Waals surface area (Å²) in [6.45, 7) is 3.11. The average molecular weight is 444 g/mol. The third-order valence-corrected chi connectivity index (χ3v) is 6.30. The molecular weight excluding hydrogens is 418 g/mol. The minimum atomic E-state index is -0.417. The zero-order valence-electron chi connectivity index (χ0n) is 16.2. The Morgan fingerprint density at radius 3 is 2.79 bits per heavy atom. The second kappa shape index (κ2) is 8.21. The summed E-state index contributed by atoms with van der Waals surface area (Å²) in [5.74, 6) is 1.01. The van der Waals surface area contributed by atoms with E-state index < -0.39 is 5.54 Å². The van der Waals surface area contributed by atoms with Gasteiger partial charge in [0.25, 0.3) is 0 Å². The third kappa shape index (κ3) is 3.67. The van der Waals surface area contributed by atoms with Gasteiger partial charge in [-0.3, -0.25) is 15.1 Å². The van der Waals surface area contributed by atoms with Crippen LogP contribution in [0.2, 0.25) is 0 Å². The number of halogens is 1. The SMILES string of the molecule is CCN1C(=O)C2(CCCCC2)NC1c1cc(Br)ccc1OCc1ccccn1. The van der Waals surface area contributed by atoms with Crippen LogP contribution in [0.25, 0.3) is 0 Å². The zero-order chi connectivity index (χ0) is 19.6. The molecule has 148 valence electrons. The topological polar surface area (TPSA) is 54.5 Å². The van der Waals surface area contributed by atoms with Crippen LogP contribution in [0, 0.1) is 0 Å². The van der Waals surface area contributed by atoms with Gasteiger partial charge >= 0.3 is 0 Å². The normalized spacial score (nSPS) is 21.3. The number of hydrogen-bond acceptors (Lipinski definition) is 4. The highest BCUT2D eigenvalue weighted by atomic mass is 79.9. The van der Waals surface area contributed by atoms with Gasteiger partial charge in [0.15, 0.2) is 0 Å². The van der Waals surface area contributed by atoms with Crippen molar-refractivity contribution in [3.05, 3.63) is 58.3 Å². The van der Waals surface area contributed by atoms with Crippen molar-refractivity contribution in [3.8, 4) is 5.75 Å². The minimum absolute atomic E-state index is 0.174. The molecule has 0 bridgehead atoms. The van der Waals surface area contributed by atoms with E-state index in [2.05, 4.69) is 32.3 Å². The van der Waals surface area contributed by atoms with Gasteiger partial charge in [-0.25, -0.2) is 0 Å². The Kier molecular flexibility index (Phi) is 5.69. The van der Waals surface area contributed by atoms with Crippen molar-refractivity contribution < 1.29 is 9.53 Å². The van der Waals surface area contributed by atoms with Gasteiger partial charge in [0.1, 0.15) is 18.5 Å². The van der Waals surface area contributed by atoms with E-state index in [1.165, 1.54) is 6.42 Å². The lowest BCUT2D eigenvalue weighted by Crippen LogP contribution is -2.48. The molecule has 6 heteroatoms. The van der Waals surface area contributed by atoms with E-state index in [9.17, 15) is 4.79 Å². The monoisotopic (exact) mass is 443 g/mol. The van der Waals surface area contributed by atoms with Crippen LogP contribution in [0.4, 0.5) is 0 Å². The van der Waals surface area contributed by atoms with Crippen molar-refractivity contribution in [2.75, 3.05) is 6.54 Å². The predicted octanol–water partition coefficient (Wildman–Crippen LogP) is 4.58. The predicted molar refractivity (Wildman–Crippen MR) is 112 cm³/mol. The summed E-state index contributed by atoms with van der Waals surface area (Å²) in [5.41, 5.74) is 1.45. The summed E-state index contributed by atoms with van der Waals surface area (Å²) in [4.78, 5) is 19.6. The number of nitrogens with one attached hydrogen (secondary N) is 1. The Balaban J connectivity index is 1.63. The molecule has 28 heavy (non-hydrogen) atoms. The lowest BCUT2D eigenvalue weighted by atomic mass is 9.81. The quantitative estimate of drug-likeness (QED) is 0.734. The molecular formula is C22H26BrN3O2. The number of nitrogens with zero attached hydrogens (tertiary/aromatic N) is 2. The van der Waals surface area contributed by atoms with Crippen molar-refractivity contribution in [1.29, 1.82) is 0 Å². The molecule has 1 aliphatic heterocycles. The molecule has 1 amide bonds. The fourth-order valence-corrected chi connectivity index (χ4v) is 4.76. The first kappa shape index (κ1) is 19.4. The van der Waals surface area contributed by atoms with Crippen molar-refractivity contribution >= 4 is 21.8 Å². The molecule has 1 aromatic heterocycles. The van der Waals surface area contributed by atoms with Gasteiger partial charge in [0.05, 0.1) is 11.2 Å². The molecule has 1 saturated heterocycles. The van der Waals surface area contributed by atoms with E-state index in [1.807, 2.05) is 42.2 Å². The summed E-state index contributed by atoms with van der Waals surface area (Å²) in [6, 6.07) is 11.8. The molecule has 1 aliphatic carbocycles. The van der Waals surface area contributed by atoms with Crippen molar-refractivity contribution in [3.63, 3.8) is 0 Å². The Morgan fingerprint density at radius 1 is 1.25 bits per heavy atom. The van der Waals surface area contributed by atoms with Gasteiger partial charge in [-0.15, -0.1) is 0 Å².